The predicted molar refractivity (Wildman–Crippen MR) is 68.6 cm³/mol. The van der Waals surface area contributed by atoms with E-state index in [1.54, 1.807) is 18.2 Å². The Balaban J connectivity index is 2.11. The summed E-state index contributed by atoms with van der Waals surface area (Å²) in [4.78, 5) is 22.9. The monoisotopic (exact) mass is 244 g/mol. The minimum Gasteiger partial charge on any atom is -0.513 e. The summed E-state index contributed by atoms with van der Waals surface area (Å²) in [5.41, 5.74) is 1.68. The van der Waals surface area contributed by atoms with E-state index in [1.165, 1.54) is 6.92 Å². The number of carbonyl (C=O) groups is 2. The van der Waals surface area contributed by atoms with E-state index in [9.17, 15) is 14.7 Å². The molecule has 0 saturated heterocycles. The molecule has 1 unspecified atom stereocenters. The van der Waals surface area contributed by atoms with Gasteiger partial charge in [0.25, 0.3) is 0 Å². The van der Waals surface area contributed by atoms with Crippen LogP contribution in [0, 0.1) is 5.92 Å². The quantitative estimate of drug-likeness (QED) is 0.832. The van der Waals surface area contributed by atoms with Gasteiger partial charge in [0.1, 0.15) is 5.78 Å². The zero-order chi connectivity index (χ0) is 13.1. The highest BCUT2D eigenvalue weighted by Gasteiger charge is 2.21. The van der Waals surface area contributed by atoms with E-state index in [0.717, 1.165) is 5.56 Å². The van der Waals surface area contributed by atoms with Crippen LogP contribution in [-0.2, 0) is 11.2 Å². The summed E-state index contributed by atoms with van der Waals surface area (Å²) in [6.07, 6.45) is 3.10. The van der Waals surface area contributed by atoms with Crippen molar-refractivity contribution in [1.82, 2.24) is 0 Å². The first-order valence-electron chi connectivity index (χ1n) is 6.08. The van der Waals surface area contributed by atoms with Gasteiger partial charge in [-0.3, -0.25) is 9.59 Å². The molecule has 1 N–H and O–H groups in total. The normalized spacial score (nSPS) is 19.5. The molecule has 0 radical (unpaired) electrons. The molecule has 3 heteroatoms. The van der Waals surface area contributed by atoms with Gasteiger partial charge in [0.05, 0.1) is 5.76 Å². The van der Waals surface area contributed by atoms with E-state index < -0.39 is 0 Å². The van der Waals surface area contributed by atoms with Crippen molar-refractivity contribution < 1.29 is 14.7 Å². The highest BCUT2D eigenvalue weighted by Crippen LogP contribution is 2.22. The summed E-state index contributed by atoms with van der Waals surface area (Å²) in [5, 5.41) is 9.46. The second-order valence-electron chi connectivity index (χ2n) is 4.69. The largest absolute Gasteiger partial charge is 0.513 e. The molecule has 1 aromatic carbocycles. The lowest BCUT2D eigenvalue weighted by molar-refractivity contribution is -0.122. The average Bonchev–Trinajstić information content (AvgIpc) is 2.34. The van der Waals surface area contributed by atoms with Gasteiger partial charge in [-0.15, -0.1) is 0 Å². The molecule has 0 amide bonds. The number of allylic oxidation sites excluding steroid dienone is 2. The van der Waals surface area contributed by atoms with Crippen molar-refractivity contribution in [1.29, 1.82) is 0 Å². The molecule has 0 aliphatic heterocycles. The van der Waals surface area contributed by atoms with Crippen LogP contribution in [0.15, 0.2) is 36.1 Å². The molecular formula is C15H16O3. The first-order valence-corrected chi connectivity index (χ1v) is 6.08. The van der Waals surface area contributed by atoms with Crippen molar-refractivity contribution in [3.05, 3.63) is 47.2 Å². The second-order valence-corrected chi connectivity index (χ2v) is 4.69. The number of hydrogen-bond acceptors (Lipinski definition) is 3. The predicted octanol–water partition coefficient (Wildman–Crippen LogP) is 2.85. The first kappa shape index (κ1) is 12.6. The zero-order valence-corrected chi connectivity index (χ0v) is 10.3. The van der Waals surface area contributed by atoms with Gasteiger partial charge in [-0.1, -0.05) is 24.3 Å². The first-order chi connectivity index (χ1) is 8.56. The number of benzene rings is 1. The van der Waals surface area contributed by atoms with E-state index in [1.807, 2.05) is 12.1 Å². The topological polar surface area (TPSA) is 54.4 Å². The highest BCUT2D eigenvalue weighted by molar-refractivity contribution is 5.94. The van der Waals surface area contributed by atoms with Crippen LogP contribution in [0.25, 0.3) is 0 Å². The van der Waals surface area contributed by atoms with E-state index in [2.05, 4.69) is 0 Å². The maximum atomic E-state index is 11.7. The fourth-order valence-electron chi connectivity index (χ4n) is 2.15. The van der Waals surface area contributed by atoms with Gasteiger partial charge in [0.15, 0.2) is 5.78 Å². The molecular weight excluding hydrogens is 228 g/mol. The molecule has 0 spiro atoms. The average molecular weight is 244 g/mol. The molecule has 2 rings (SSSR count). The van der Waals surface area contributed by atoms with Crippen molar-refractivity contribution in [3.63, 3.8) is 0 Å². The smallest absolute Gasteiger partial charge is 0.159 e. The number of aliphatic hydroxyl groups is 1. The third-order valence-electron chi connectivity index (χ3n) is 3.25. The summed E-state index contributed by atoms with van der Waals surface area (Å²) in [6.45, 7) is 1.53. The van der Waals surface area contributed by atoms with Crippen molar-refractivity contribution in [2.45, 2.75) is 26.2 Å². The Kier molecular flexibility index (Phi) is 3.60. The number of ketones is 2. The Labute approximate surface area is 106 Å². The lowest BCUT2D eigenvalue weighted by Crippen LogP contribution is -2.19. The van der Waals surface area contributed by atoms with Crippen LogP contribution in [0.5, 0.6) is 0 Å². The minimum atomic E-state index is -0.234. The minimum absolute atomic E-state index is 0.0350. The van der Waals surface area contributed by atoms with Crippen LogP contribution in [0.1, 0.15) is 35.7 Å². The third kappa shape index (κ3) is 2.86. The van der Waals surface area contributed by atoms with Gasteiger partial charge in [-0.05, 0) is 25.0 Å². The van der Waals surface area contributed by atoms with E-state index in [-0.39, 0.29) is 17.5 Å². The summed E-state index contributed by atoms with van der Waals surface area (Å²) in [7, 11) is 0. The van der Waals surface area contributed by atoms with E-state index in [4.69, 9.17) is 0 Å². The number of rotatable bonds is 3. The Morgan fingerprint density at radius 1 is 1.28 bits per heavy atom. The molecule has 0 saturated carbocycles. The summed E-state index contributed by atoms with van der Waals surface area (Å²) in [6, 6.07) is 7.27. The second kappa shape index (κ2) is 5.17. The molecule has 1 aliphatic rings. The molecule has 18 heavy (non-hydrogen) atoms. The van der Waals surface area contributed by atoms with Crippen molar-refractivity contribution in [3.8, 4) is 0 Å². The van der Waals surface area contributed by atoms with Gasteiger partial charge in [0.2, 0.25) is 0 Å². The lowest BCUT2D eigenvalue weighted by atomic mass is 9.88. The number of carbonyl (C=O) groups excluding carboxylic acids is 2. The summed E-state index contributed by atoms with van der Waals surface area (Å²) in [5.74, 6) is 0.276. The fourth-order valence-corrected chi connectivity index (χ4v) is 2.15. The molecule has 0 fully saturated rings. The van der Waals surface area contributed by atoms with Crippen molar-refractivity contribution in [2.75, 3.05) is 0 Å². The van der Waals surface area contributed by atoms with Crippen LogP contribution in [0.3, 0.4) is 0 Å². The standard InChI is InChI=1S/C15H16O3/c1-10(16)12-4-2-11(3-5-12)8-13-9-14(17)6-7-15(13)18/h2-5,9,13,17H,6-8H2,1H3. The van der Waals surface area contributed by atoms with E-state index in [0.29, 0.717) is 30.6 Å². The lowest BCUT2D eigenvalue weighted by Gasteiger charge is -2.17. The Hall–Kier alpha value is -1.90. The van der Waals surface area contributed by atoms with Crippen molar-refractivity contribution in [2.24, 2.45) is 5.92 Å². The van der Waals surface area contributed by atoms with Gasteiger partial charge >= 0.3 is 0 Å². The highest BCUT2D eigenvalue weighted by atomic mass is 16.3. The fraction of sp³-hybridized carbons (Fsp3) is 0.333. The molecule has 1 atom stereocenters. The molecule has 0 aromatic heterocycles. The Morgan fingerprint density at radius 2 is 1.94 bits per heavy atom. The molecule has 3 nitrogen and oxygen atoms in total. The molecule has 0 heterocycles. The number of Topliss-reactive ketones (excluding diaryl/α,β-unsaturated/α-hetero) is 2. The SMILES string of the molecule is CC(=O)c1ccc(CC2C=C(O)CCC2=O)cc1. The zero-order valence-electron chi connectivity index (χ0n) is 10.3. The molecule has 0 bridgehead atoms. The Bertz CT molecular complexity index is 497. The number of hydrogen-bond donors (Lipinski definition) is 1. The molecule has 1 aliphatic carbocycles. The van der Waals surface area contributed by atoms with E-state index >= 15 is 0 Å². The molecule has 94 valence electrons. The maximum Gasteiger partial charge on any atom is 0.159 e. The van der Waals surface area contributed by atoms with Crippen LogP contribution in [-0.4, -0.2) is 16.7 Å². The van der Waals surface area contributed by atoms with Gasteiger partial charge in [-0.25, -0.2) is 0 Å². The van der Waals surface area contributed by atoms with Gasteiger partial charge in [-0.2, -0.15) is 0 Å². The maximum absolute atomic E-state index is 11.7. The molecule has 1 aromatic rings. The van der Waals surface area contributed by atoms with Crippen LogP contribution >= 0.6 is 0 Å². The Morgan fingerprint density at radius 3 is 2.56 bits per heavy atom. The number of aliphatic hydroxyl groups excluding tert-OH is 1. The van der Waals surface area contributed by atoms with Crippen molar-refractivity contribution >= 4 is 11.6 Å². The van der Waals surface area contributed by atoms with Crippen LogP contribution < -0.4 is 0 Å². The van der Waals surface area contributed by atoms with Crippen LogP contribution in [0.2, 0.25) is 0 Å². The summed E-state index contributed by atoms with van der Waals surface area (Å²) < 4.78 is 0. The van der Waals surface area contributed by atoms with Gasteiger partial charge in [0, 0.05) is 24.3 Å². The van der Waals surface area contributed by atoms with Gasteiger partial charge < -0.3 is 5.11 Å². The summed E-state index contributed by atoms with van der Waals surface area (Å²) >= 11 is 0. The third-order valence-corrected chi connectivity index (χ3v) is 3.25. The van der Waals surface area contributed by atoms with Crippen LogP contribution in [0.4, 0.5) is 0 Å².